The molecule has 14 heavy (non-hydrogen) atoms. The second-order valence-electron chi connectivity index (χ2n) is 3.43. The van der Waals surface area contributed by atoms with Crippen molar-refractivity contribution in [2.24, 2.45) is 5.41 Å². The molecule has 6 nitrogen and oxygen atoms in total. The third kappa shape index (κ3) is 10.1. The zero-order chi connectivity index (χ0) is 11.8. The Morgan fingerprint density at radius 3 is 1.07 bits per heavy atom. The fraction of sp³-hybridized carbons (Fsp3) is 1.00. The average Bonchev–Trinajstić information content (AvgIpc) is 2.07. The van der Waals surface area contributed by atoms with Gasteiger partial charge in [-0.1, -0.05) is 0 Å². The molecule has 0 spiro atoms. The fourth-order valence-corrected chi connectivity index (χ4v) is 0.300. The summed E-state index contributed by atoms with van der Waals surface area (Å²) in [6, 6.07) is 0. The van der Waals surface area contributed by atoms with Crippen molar-refractivity contribution in [3.05, 3.63) is 0 Å². The Morgan fingerprint density at radius 2 is 1.07 bits per heavy atom. The maximum atomic E-state index is 9.77. The summed E-state index contributed by atoms with van der Waals surface area (Å²) < 4.78 is 9.77. The first-order valence-electron chi connectivity index (χ1n) is 3.96. The molecule has 0 aliphatic carbocycles. The van der Waals surface area contributed by atoms with Gasteiger partial charge < -0.3 is 25.3 Å². The van der Waals surface area contributed by atoms with E-state index < -0.39 is 39.2 Å². The van der Waals surface area contributed by atoms with Crippen LogP contribution in [0.25, 0.3) is 0 Å². The molecule has 5 N–H and O–H groups in total. The van der Waals surface area contributed by atoms with Crippen LogP contribution < -0.4 is 0 Å². The maximum absolute atomic E-state index is 9.77. The molecule has 0 aromatic heterocycles. The molecule has 0 aliphatic heterocycles. The summed E-state index contributed by atoms with van der Waals surface area (Å²) in [5, 5.41) is 34.0. The van der Waals surface area contributed by atoms with Crippen LogP contribution >= 0.6 is 7.37 Å². The van der Waals surface area contributed by atoms with E-state index in [0.717, 1.165) is 0 Å². The molecule has 0 saturated carbocycles. The van der Waals surface area contributed by atoms with Crippen LogP contribution in [0.1, 0.15) is 0 Å². The highest BCUT2D eigenvalue weighted by Crippen LogP contribution is 2.27. The molecule has 0 fully saturated rings. The van der Waals surface area contributed by atoms with Gasteiger partial charge in [0.1, 0.15) is 0 Å². The molecule has 0 rings (SSSR count). The minimum absolute atomic E-state index is 0.406. The van der Waals surface area contributed by atoms with Crippen LogP contribution in [0.2, 0.25) is 0 Å². The van der Waals surface area contributed by atoms with Crippen molar-refractivity contribution in [1.82, 2.24) is 0 Å². The monoisotopic (exact) mass is 230 g/mol. The van der Waals surface area contributed by atoms with E-state index in [1.165, 1.54) is 13.3 Å². The van der Waals surface area contributed by atoms with Crippen molar-refractivity contribution in [3.63, 3.8) is 0 Å². The Bertz CT molecular complexity index is 147. The molecule has 0 unspecified atom stereocenters. The van der Waals surface area contributed by atoms with Crippen LogP contribution in [-0.2, 0) is 4.57 Å². The molecule has 0 atom stereocenters. The van der Waals surface area contributed by atoms with Gasteiger partial charge in [-0.05, 0) is 0 Å². The van der Waals surface area contributed by atoms with Gasteiger partial charge in [-0.15, -0.1) is 0 Å². The summed E-state index contributed by atoms with van der Waals surface area (Å²) in [5.74, 6) is 0. The first-order chi connectivity index (χ1) is 6.24. The summed E-state index contributed by atoms with van der Waals surface area (Å²) in [7, 11) is -2.64. The third-order valence-electron chi connectivity index (χ3n) is 1.34. The molecule has 88 valence electrons. The summed E-state index contributed by atoms with van der Waals surface area (Å²) >= 11 is 0. The molecular formula is C7H19O6P. The van der Waals surface area contributed by atoms with E-state index in [4.69, 9.17) is 25.3 Å². The van der Waals surface area contributed by atoms with Crippen molar-refractivity contribution in [1.29, 1.82) is 0 Å². The van der Waals surface area contributed by atoms with Gasteiger partial charge in [-0.2, -0.15) is 0 Å². The highest BCUT2D eigenvalue weighted by atomic mass is 31.2. The van der Waals surface area contributed by atoms with E-state index in [-0.39, 0.29) is 0 Å². The largest absolute Gasteiger partial charge is 0.396 e. The van der Waals surface area contributed by atoms with Gasteiger partial charge in [-0.25, -0.2) is 0 Å². The van der Waals surface area contributed by atoms with Crippen molar-refractivity contribution < 1.29 is 29.9 Å². The predicted molar refractivity (Wildman–Crippen MR) is 52.4 cm³/mol. The Morgan fingerprint density at radius 1 is 0.929 bits per heavy atom. The standard InChI is InChI=1S/C5H12O4.C2H7O2P/c6-1-5(2-7,3-8)4-9;1-5(2,3)4/h6-9H,1-4H2;1-2H3,(H,3,4). The van der Waals surface area contributed by atoms with Crippen molar-refractivity contribution in [3.8, 4) is 0 Å². The summed E-state index contributed by atoms with van der Waals surface area (Å²) in [6.45, 7) is 0.972. The highest BCUT2D eigenvalue weighted by Gasteiger charge is 2.26. The van der Waals surface area contributed by atoms with E-state index in [0.29, 0.717) is 0 Å². The van der Waals surface area contributed by atoms with E-state index in [2.05, 4.69) is 0 Å². The van der Waals surface area contributed by atoms with Gasteiger partial charge >= 0.3 is 0 Å². The van der Waals surface area contributed by atoms with Gasteiger partial charge in [-0.3, -0.25) is 4.57 Å². The molecule has 0 aliphatic rings. The summed E-state index contributed by atoms with van der Waals surface area (Å²) in [6.07, 6.45) is 0. The predicted octanol–water partition coefficient (Wildman–Crippen LogP) is -1.54. The lowest BCUT2D eigenvalue weighted by atomic mass is 9.93. The zero-order valence-electron chi connectivity index (χ0n) is 8.42. The average molecular weight is 230 g/mol. The fourth-order valence-electron chi connectivity index (χ4n) is 0.300. The van der Waals surface area contributed by atoms with Crippen molar-refractivity contribution in [2.45, 2.75) is 0 Å². The molecule has 7 heteroatoms. The molecule has 0 aromatic rings. The lowest BCUT2D eigenvalue weighted by Crippen LogP contribution is -2.37. The molecule has 0 heterocycles. The molecular weight excluding hydrogens is 211 g/mol. The van der Waals surface area contributed by atoms with E-state index in [9.17, 15) is 4.57 Å². The van der Waals surface area contributed by atoms with Crippen LogP contribution in [0.5, 0.6) is 0 Å². The minimum Gasteiger partial charge on any atom is -0.396 e. The first-order valence-corrected chi connectivity index (χ1v) is 6.51. The number of aliphatic hydroxyl groups is 4. The Kier molecular flexibility index (Phi) is 8.63. The summed E-state index contributed by atoms with van der Waals surface area (Å²) in [5.41, 5.74) is -1.11. The Hall–Kier alpha value is 0.0300. The lowest BCUT2D eigenvalue weighted by molar-refractivity contribution is -0.0328. The van der Waals surface area contributed by atoms with Crippen molar-refractivity contribution >= 4 is 7.37 Å². The van der Waals surface area contributed by atoms with Crippen LogP contribution in [-0.4, -0.2) is 65.1 Å². The van der Waals surface area contributed by atoms with Crippen molar-refractivity contribution in [2.75, 3.05) is 39.8 Å². The minimum atomic E-state index is -2.64. The Labute approximate surface area is 83.3 Å². The molecule has 0 amide bonds. The topological polar surface area (TPSA) is 118 Å². The smallest absolute Gasteiger partial charge is 0.194 e. The molecule has 0 saturated heterocycles. The molecule has 0 bridgehead atoms. The van der Waals surface area contributed by atoms with E-state index >= 15 is 0 Å². The van der Waals surface area contributed by atoms with Crippen LogP contribution in [0.3, 0.4) is 0 Å². The van der Waals surface area contributed by atoms with Crippen LogP contribution in [0, 0.1) is 5.41 Å². The molecule has 0 aromatic carbocycles. The number of rotatable bonds is 4. The summed E-state index contributed by atoms with van der Waals surface area (Å²) in [4.78, 5) is 8.08. The second-order valence-corrected chi connectivity index (χ2v) is 6.01. The first kappa shape index (κ1) is 16.5. The maximum Gasteiger partial charge on any atom is 0.194 e. The normalized spacial score (nSPS) is 11.9. The van der Waals surface area contributed by atoms with Gasteiger partial charge in [0.15, 0.2) is 7.37 Å². The van der Waals surface area contributed by atoms with Crippen LogP contribution in [0.4, 0.5) is 0 Å². The SMILES string of the molecule is CP(C)(=O)O.OCC(CO)(CO)CO. The van der Waals surface area contributed by atoms with Gasteiger partial charge in [0.2, 0.25) is 0 Å². The number of hydrogen-bond acceptors (Lipinski definition) is 5. The van der Waals surface area contributed by atoms with E-state index in [1.807, 2.05) is 0 Å². The van der Waals surface area contributed by atoms with Gasteiger partial charge in [0, 0.05) is 13.3 Å². The second kappa shape index (κ2) is 7.34. The highest BCUT2D eigenvalue weighted by molar-refractivity contribution is 7.56. The lowest BCUT2D eigenvalue weighted by Gasteiger charge is -2.23. The van der Waals surface area contributed by atoms with Gasteiger partial charge in [0.25, 0.3) is 0 Å². The quantitative estimate of drug-likeness (QED) is 0.373. The number of hydrogen-bond donors (Lipinski definition) is 5. The number of aliphatic hydroxyl groups excluding tert-OH is 4. The Balaban J connectivity index is 0. The van der Waals surface area contributed by atoms with E-state index in [1.54, 1.807) is 0 Å². The third-order valence-corrected chi connectivity index (χ3v) is 1.34. The zero-order valence-corrected chi connectivity index (χ0v) is 9.31. The van der Waals surface area contributed by atoms with Crippen LogP contribution in [0.15, 0.2) is 0 Å². The van der Waals surface area contributed by atoms with Gasteiger partial charge in [0.05, 0.1) is 31.8 Å². The molecule has 0 radical (unpaired) electrons.